The highest BCUT2D eigenvalue weighted by atomic mass is 35.5. The zero-order chi connectivity index (χ0) is 16.2. The first-order chi connectivity index (χ1) is 11.1. The van der Waals surface area contributed by atoms with Gasteiger partial charge in [-0.2, -0.15) is 0 Å². The number of imidazole rings is 1. The van der Waals surface area contributed by atoms with Gasteiger partial charge >= 0.3 is 0 Å². The SMILES string of the molecule is Cn1c(SCC(=O)NCc2ccc(Cl)cc2)nc2ccccc21. The van der Waals surface area contributed by atoms with Crippen molar-refractivity contribution in [3.63, 3.8) is 0 Å². The van der Waals surface area contributed by atoms with E-state index in [1.807, 2.05) is 60.1 Å². The minimum Gasteiger partial charge on any atom is -0.351 e. The topological polar surface area (TPSA) is 46.9 Å². The lowest BCUT2D eigenvalue weighted by Gasteiger charge is -2.05. The van der Waals surface area contributed by atoms with Crippen molar-refractivity contribution in [2.45, 2.75) is 11.7 Å². The molecule has 1 N–H and O–H groups in total. The number of carbonyl (C=O) groups excluding carboxylic acids is 1. The summed E-state index contributed by atoms with van der Waals surface area (Å²) < 4.78 is 2.01. The summed E-state index contributed by atoms with van der Waals surface area (Å²) in [6.45, 7) is 0.499. The molecule has 0 aliphatic carbocycles. The Morgan fingerprint density at radius 1 is 1.22 bits per heavy atom. The Balaban J connectivity index is 1.55. The number of para-hydroxylation sites is 2. The molecule has 0 bridgehead atoms. The van der Waals surface area contributed by atoms with Crippen molar-refractivity contribution in [2.75, 3.05) is 5.75 Å². The van der Waals surface area contributed by atoms with Gasteiger partial charge in [-0.15, -0.1) is 0 Å². The van der Waals surface area contributed by atoms with Gasteiger partial charge < -0.3 is 9.88 Å². The third-order valence-electron chi connectivity index (χ3n) is 3.48. The molecule has 1 heterocycles. The summed E-state index contributed by atoms with van der Waals surface area (Å²) in [6, 6.07) is 15.4. The van der Waals surface area contributed by atoms with Gasteiger partial charge in [0.25, 0.3) is 0 Å². The molecule has 0 saturated carbocycles. The maximum atomic E-state index is 12.0. The number of benzene rings is 2. The number of carbonyl (C=O) groups is 1. The fourth-order valence-corrected chi connectivity index (χ4v) is 3.18. The normalized spacial score (nSPS) is 10.9. The van der Waals surface area contributed by atoms with Crippen LogP contribution in [0.25, 0.3) is 11.0 Å². The van der Waals surface area contributed by atoms with Crippen LogP contribution >= 0.6 is 23.4 Å². The van der Waals surface area contributed by atoms with Gasteiger partial charge in [0, 0.05) is 18.6 Å². The number of rotatable bonds is 5. The molecular formula is C17H16ClN3OS. The maximum Gasteiger partial charge on any atom is 0.230 e. The van der Waals surface area contributed by atoms with E-state index in [2.05, 4.69) is 10.3 Å². The Morgan fingerprint density at radius 3 is 2.70 bits per heavy atom. The Labute approximate surface area is 143 Å². The molecule has 23 heavy (non-hydrogen) atoms. The molecule has 0 unspecified atom stereocenters. The number of aryl methyl sites for hydroxylation is 1. The predicted octanol–water partition coefficient (Wildman–Crippen LogP) is 3.64. The highest BCUT2D eigenvalue weighted by molar-refractivity contribution is 7.99. The number of nitrogens with zero attached hydrogens (tertiary/aromatic N) is 2. The minimum absolute atomic E-state index is 0.0167. The van der Waals surface area contributed by atoms with E-state index in [0.717, 1.165) is 21.8 Å². The summed E-state index contributed by atoms with van der Waals surface area (Å²) in [5.74, 6) is 0.321. The fourth-order valence-electron chi connectivity index (χ4n) is 2.24. The maximum absolute atomic E-state index is 12.0. The number of hydrogen-bond donors (Lipinski definition) is 1. The lowest BCUT2D eigenvalue weighted by Crippen LogP contribution is -2.24. The van der Waals surface area contributed by atoms with E-state index < -0.39 is 0 Å². The monoisotopic (exact) mass is 345 g/mol. The summed E-state index contributed by atoms with van der Waals surface area (Å²) in [7, 11) is 1.96. The quantitative estimate of drug-likeness (QED) is 0.718. The highest BCUT2D eigenvalue weighted by Crippen LogP contribution is 2.22. The first-order valence-electron chi connectivity index (χ1n) is 7.19. The lowest BCUT2D eigenvalue weighted by molar-refractivity contribution is -0.118. The highest BCUT2D eigenvalue weighted by Gasteiger charge is 2.10. The molecule has 0 aliphatic heterocycles. The van der Waals surface area contributed by atoms with Crippen LogP contribution in [0.1, 0.15) is 5.56 Å². The van der Waals surface area contributed by atoms with Crippen molar-refractivity contribution < 1.29 is 4.79 Å². The van der Waals surface area contributed by atoms with E-state index in [1.165, 1.54) is 11.8 Å². The van der Waals surface area contributed by atoms with E-state index in [1.54, 1.807) is 0 Å². The van der Waals surface area contributed by atoms with E-state index in [9.17, 15) is 4.79 Å². The van der Waals surface area contributed by atoms with E-state index in [0.29, 0.717) is 17.3 Å². The van der Waals surface area contributed by atoms with Crippen LogP contribution < -0.4 is 5.32 Å². The predicted molar refractivity (Wildman–Crippen MR) is 94.7 cm³/mol. The number of aromatic nitrogens is 2. The molecule has 0 aliphatic rings. The molecule has 2 aromatic carbocycles. The molecule has 0 fully saturated rings. The second-order valence-corrected chi connectivity index (χ2v) is 6.51. The van der Waals surface area contributed by atoms with Gasteiger partial charge in [-0.1, -0.05) is 47.6 Å². The van der Waals surface area contributed by atoms with Gasteiger partial charge in [0.1, 0.15) is 0 Å². The van der Waals surface area contributed by atoms with Gasteiger partial charge in [-0.3, -0.25) is 4.79 Å². The third kappa shape index (κ3) is 3.86. The van der Waals surface area contributed by atoms with Crippen LogP contribution in [-0.2, 0) is 18.4 Å². The Hall–Kier alpha value is -1.98. The number of nitrogens with one attached hydrogen (secondary N) is 1. The van der Waals surface area contributed by atoms with Crippen molar-refractivity contribution in [3.8, 4) is 0 Å². The molecule has 3 aromatic rings. The number of halogens is 1. The molecule has 0 radical (unpaired) electrons. The number of amides is 1. The second-order valence-electron chi connectivity index (χ2n) is 5.13. The zero-order valence-electron chi connectivity index (χ0n) is 12.6. The van der Waals surface area contributed by atoms with Gasteiger partial charge in [-0.25, -0.2) is 4.98 Å². The minimum atomic E-state index is -0.0167. The van der Waals surface area contributed by atoms with Gasteiger partial charge in [0.2, 0.25) is 5.91 Å². The summed E-state index contributed by atoms with van der Waals surface area (Å²) in [4.78, 5) is 16.5. The molecule has 6 heteroatoms. The summed E-state index contributed by atoms with van der Waals surface area (Å²) in [6.07, 6.45) is 0. The third-order valence-corrected chi connectivity index (χ3v) is 4.76. The van der Waals surface area contributed by atoms with Crippen LogP contribution in [-0.4, -0.2) is 21.2 Å². The van der Waals surface area contributed by atoms with Gasteiger partial charge in [0.05, 0.1) is 16.8 Å². The molecule has 118 valence electrons. The van der Waals surface area contributed by atoms with Crippen LogP contribution in [0, 0.1) is 0 Å². The van der Waals surface area contributed by atoms with E-state index in [4.69, 9.17) is 11.6 Å². The van der Waals surface area contributed by atoms with Crippen molar-refractivity contribution in [3.05, 3.63) is 59.1 Å². The summed E-state index contributed by atoms with van der Waals surface area (Å²) in [5.41, 5.74) is 3.03. The van der Waals surface area contributed by atoms with Crippen molar-refractivity contribution >= 4 is 40.3 Å². The molecule has 4 nitrogen and oxygen atoms in total. The first kappa shape index (κ1) is 15.9. The van der Waals surface area contributed by atoms with Crippen molar-refractivity contribution in [2.24, 2.45) is 7.05 Å². The summed E-state index contributed by atoms with van der Waals surface area (Å²) >= 11 is 7.28. The number of hydrogen-bond acceptors (Lipinski definition) is 3. The van der Waals surface area contributed by atoms with Crippen molar-refractivity contribution in [1.29, 1.82) is 0 Å². The van der Waals surface area contributed by atoms with Crippen molar-refractivity contribution in [1.82, 2.24) is 14.9 Å². The van der Waals surface area contributed by atoms with Crippen LogP contribution in [0.3, 0.4) is 0 Å². The van der Waals surface area contributed by atoms with Crippen LogP contribution in [0.4, 0.5) is 0 Å². The molecule has 0 spiro atoms. The molecule has 0 saturated heterocycles. The first-order valence-corrected chi connectivity index (χ1v) is 8.55. The Bertz CT molecular complexity index is 829. The van der Waals surface area contributed by atoms with E-state index in [-0.39, 0.29) is 5.91 Å². The van der Waals surface area contributed by atoms with Crippen LogP contribution in [0.2, 0.25) is 5.02 Å². The summed E-state index contributed by atoms with van der Waals surface area (Å²) in [5, 5.41) is 4.43. The number of thioether (sulfide) groups is 1. The molecule has 3 rings (SSSR count). The smallest absolute Gasteiger partial charge is 0.230 e. The van der Waals surface area contributed by atoms with Gasteiger partial charge in [-0.05, 0) is 29.8 Å². The Kier molecular flexibility index (Phi) is 4.88. The van der Waals surface area contributed by atoms with Crippen LogP contribution in [0.5, 0.6) is 0 Å². The average Bonchev–Trinajstić information content (AvgIpc) is 2.89. The largest absolute Gasteiger partial charge is 0.351 e. The van der Waals surface area contributed by atoms with Gasteiger partial charge in [0.15, 0.2) is 5.16 Å². The molecule has 1 amide bonds. The van der Waals surface area contributed by atoms with E-state index >= 15 is 0 Å². The molecule has 1 aromatic heterocycles. The average molecular weight is 346 g/mol. The fraction of sp³-hybridized carbons (Fsp3) is 0.176. The standard InChI is InChI=1S/C17H16ClN3OS/c1-21-15-5-3-2-4-14(15)20-17(21)23-11-16(22)19-10-12-6-8-13(18)9-7-12/h2-9H,10-11H2,1H3,(H,19,22). The number of fused-ring (bicyclic) bond motifs is 1. The lowest BCUT2D eigenvalue weighted by atomic mass is 10.2. The Morgan fingerprint density at radius 2 is 1.96 bits per heavy atom. The molecule has 0 atom stereocenters. The second kappa shape index (κ2) is 7.06. The zero-order valence-corrected chi connectivity index (χ0v) is 14.2. The van der Waals surface area contributed by atoms with Crippen LogP contribution in [0.15, 0.2) is 53.7 Å². The molecular weight excluding hydrogens is 330 g/mol.